The highest BCUT2D eigenvalue weighted by molar-refractivity contribution is 5.89. The van der Waals surface area contributed by atoms with Gasteiger partial charge < -0.3 is 19.1 Å². The summed E-state index contributed by atoms with van der Waals surface area (Å²) in [5.74, 6) is 0.528. The molecule has 0 aliphatic carbocycles. The van der Waals surface area contributed by atoms with Gasteiger partial charge in [0.15, 0.2) is 0 Å². The Labute approximate surface area is 200 Å². The van der Waals surface area contributed by atoms with Gasteiger partial charge in [-0.25, -0.2) is 4.68 Å². The Balaban J connectivity index is 1.48. The fourth-order valence-corrected chi connectivity index (χ4v) is 3.94. The average molecular weight is 470 g/mol. The van der Waals surface area contributed by atoms with Gasteiger partial charge in [0.05, 0.1) is 31.1 Å². The van der Waals surface area contributed by atoms with Crippen LogP contribution in [0.4, 0.5) is 0 Å². The fraction of sp³-hybridized carbons (Fsp3) is 0.154. The number of para-hydroxylation sites is 1. The minimum atomic E-state index is -0.904. The van der Waals surface area contributed by atoms with Crippen molar-refractivity contribution in [1.82, 2.24) is 25.2 Å². The van der Waals surface area contributed by atoms with Gasteiger partial charge in [-0.05, 0) is 42.0 Å². The predicted octanol–water partition coefficient (Wildman–Crippen LogP) is 3.70. The van der Waals surface area contributed by atoms with Crippen LogP contribution in [0.1, 0.15) is 23.1 Å². The Morgan fingerprint density at radius 2 is 1.60 bits per heavy atom. The zero-order valence-electron chi connectivity index (χ0n) is 18.8. The van der Waals surface area contributed by atoms with E-state index in [1.807, 2.05) is 54.6 Å². The molecule has 1 atom stereocenters. The van der Waals surface area contributed by atoms with Crippen molar-refractivity contribution in [2.24, 2.45) is 0 Å². The maximum atomic E-state index is 13.7. The molecule has 0 spiro atoms. The van der Waals surface area contributed by atoms with E-state index in [-0.39, 0.29) is 31.4 Å². The molecule has 3 heterocycles. The van der Waals surface area contributed by atoms with Crippen LogP contribution in [0.3, 0.4) is 0 Å². The smallest absolute Gasteiger partial charge is 0.247 e. The maximum Gasteiger partial charge on any atom is 0.247 e. The van der Waals surface area contributed by atoms with Gasteiger partial charge in [-0.15, -0.1) is 5.10 Å². The van der Waals surface area contributed by atoms with Gasteiger partial charge in [0, 0.05) is 0 Å². The number of nitrogens with one attached hydrogen (secondary N) is 1. The number of nitrogens with zero attached hydrogens (tertiary/aromatic N) is 4. The van der Waals surface area contributed by atoms with E-state index in [0.717, 1.165) is 5.52 Å². The Bertz CT molecular complexity index is 1390. The molecule has 2 amide bonds. The van der Waals surface area contributed by atoms with Crippen LogP contribution in [0, 0.1) is 0 Å². The molecule has 5 aromatic rings. The van der Waals surface area contributed by atoms with Crippen LogP contribution in [0.25, 0.3) is 11.0 Å². The van der Waals surface area contributed by atoms with Gasteiger partial charge in [0.25, 0.3) is 0 Å². The molecular weight excluding hydrogens is 446 g/mol. The summed E-state index contributed by atoms with van der Waals surface area (Å²) >= 11 is 0. The second-order valence-electron chi connectivity index (χ2n) is 7.95. The molecule has 35 heavy (non-hydrogen) atoms. The maximum absolute atomic E-state index is 13.7. The first-order valence-corrected chi connectivity index (χ1v) is 11.1. The fourth-order valence-electron chi connectivity index (χ4n) is 3.94. The molecule has 2 aromatic carbocycles. The van der Waals surface area contributed by atoms with Crippen molar-refractivity contribution in [3.63, 3.8) is 0 Å². The number of rotatable bonds is 9. The molecule has 0 unspecified atom stereocenters. The number of carbonyl (C=O) groups excluding carboxylic acids is 2. The summed E-state index contributed by atoms with van der Waals surface area (Å²) in [6, 6.07) is 22.7. The van der Waals surface area contributed by atoms with Crippen molar-refractivity contribution in [3.05, 3.63) is 108 Å². The second kappa shape index (κ2) is 10.1. The SMILES string of the molecule is O=C(NCc1ccco1)[C@@H](c1ccccc1)N(Cc1ccco1)C(=O)Cn1nnc2ccccc21. The molecule has 0 saturated carbocycles. The van der Waals surface area contributed by atoms with Crippen LogP contribution in [-0.2, 0) is 29.2 Å². The highest BCUT2D eigenvalue weighted by atomic mass is 16.3. The van der Waals surface area contributed by atoms with Crippen molar-refractivity contribution < 1.29 is 18.4 Å². The van der Waals surface area contributed by atoms with E-state index in [1.54, 1.807) is 30.5 Å². The van der Waals surface area contributed by atoms with Crippen molar-refractivity contribution in [3.8, 4) is 0 Å². The molecule has 1 N–H and O–H groups in total. The summed E-state index contributed by atoms with van der Waals surface area (Å²) in [7, 11) is 0. The number of furan rings is 2. The van der Waals surface area contributed by atoms with E-state index in [1.165, 1.54) is 15.8 Å². The van der Waals surface area contributed by atoms with Crippen LogP contribution in [0.2, 0.25) is 0 Å². The molecule has 0 aliphatic rings. The third kappa shape index (κ3) is 4.98. The van der Waals surface area contributed by atoms with E-state index >= 15 is 0 Å². The Morgan fingerprint density at radius 3 is 2.34 bits per heavy atom. The Hall–Kier alpha value is -4.66. The molecule has 0 fully saturated rings. The largest absolute Gasteiger partial charge is 0.467 e. The molecular formula is C26H23N5O4. The molecule has 0 saturated heterocycles. The lowest BCUT2D eigenvalue weighted by Gasteiger charge is -2.30. The first kappa shape index (κ1) is 22.1. The van der Waals surface area contributed by atoms with Crippen molar-refractivity contribution >= 4 is 22.8 Å². The summed E-state index contributed by atoms with van der Waals surface area (Å²) in [6.07, 6.45) is 3.09. The molecule has 0 bridgehead atoms. The molecule has 9 nitrogen and oxygen atoms in total. The lowest BCUT2D eigenvalue weighted by Crippen LogP contribution is -2.44. The lowest BCUT2D eigenvalue weighted by molar-refractivity contribution is -0.142. The summed E-state index contributed by atoms with van der Waals surface area (Å²) in [5, 5.41) is 11.2. The van der Waals surface area contributed by atoms with Gasteiger partial charge in [-0.1, -0.05) is 47.7 Å². The Kier molecular flexibility index (Phi) is 6.38. The van der Waals surface area contributed by atoms with E-state index in [9.17, 15) is 9.59 Å². The summed E-state index contributed by atoms with van der Waals surface area (Å²) in [4.78, 5) is 28.7. The topological polar surface area (TPSA) is 106 Å². The van der Waals surface area contributed by atoms with Crippen LogP contribution >= 0.6 is 0 Å². The average Bonchev–Trinajstić information content (AvgIpc) is 3.66. The first-order chi connectivity index (χ1) is 17.2. The van der Waals surface area contributed by atoms with Crippen molar-refractivity contribution in [2.45, 2.75) is 25.7 Å². The van der Waals surface area contributed by atoms with E-state index in [4.69, 9.17) is 8.83 Å². The number of amides is 2. The molecule has 0 radical (unpaired) electrons. The number of aromatic nitrogens is 3. The normalized spacial score (nSPS) is 11.9. The highest BCUT2D eigenvalue weighted by Gasteiger charge is 2.32. The number of carbonyl (C=O) groups is 2. The minimum absolute atomic E-state index is 0.0873. The van der Waals surface area contributed by atoms with Gasteiger partial charge in [-0.3, -0.25) is 9.59 Å². The number of hydrogen-bond acceptors (Lipinski definition) is 6. The van der Waals surface area contributed by atoms with Crippen LogP contribution in [0.5, 0.6) is 0 Å². The van der Waals surface area contributed by atoms with E-state index in [2.05, 4.69) is 15.6 Å². The van der Waals surface area contributed by atoms with Crippen LogP contribution < -0.4 is 5.32 Å². The van der Waals surface area contributed by atoms with Gasteiger partial charge >= 0.3 is 0 Å². The van der Waals surface area contributed by atoms with E-state index in [0.29, 0.717) is 22.6 Å². The molecule has 5 rings (SSSR count). The van der Waals surface area contributed by atoms with Crippen LogP contribution in [0.15, 0.2) is 100 Å². The van der Waals surface area contributed by atoms with E-state index < -0.39 is 6.04 Å². The zero-order chi connectivity index (χ0) is 24.0. The minimum Gasteiger partial charge on any atom is -0.467 e. The van der Waals surface area contributed by atoms with Gasteiger partial charge in [0.2, 0.25) is 11.8 Å². The lowest BCUT2D eigenvalue weighted by atomic mass is 10.0. The first-order valence-electron chi connectivity index (χ1n) is 11.1. The van der Waals surface area contributed by atoms with Crippen molar-refractivity contribution in [1.29, 1.82) is 0 Å². The summed E-state index contributed by atoms with van der Waals surface area (Å²) < 4.78 is 12.4. The third-order valence-electron chi connectivity index (χ3n) is 5.62. The number of benzene rings is 2. The zero-order valence-corrected chi connectivity index (χ0v) is 18.8. The highest BCUT2D eigenvalue weighted by Crippen LogP contribution is 2.25. The Morgan fingerprint density at radius 1 is 0.886 bits per heavy atom. The standard InChI is InChI=1S/C26H23N5O4/c32-24(18-31-23-13-5-4-12-22(23)28-29-31)30(17-21-11-7-15-35-21)25(19-8-2-1-3-9-19)26(33)27-16-20-10-6-14-34-20/h1-15,25H,16-18H2,(H,27,33)/t25-/m1/s1. The summed E-state index contributed by atoms with van der Waals surface area (Å²) in [5.41, 5.74) is 2.10. The van der Waals surface area contributed by atoms with Crippen LogP contribution in [-0.4, -0.2) is 31.7 Å². The van der Waals surface area contributed by atoms with Gasteiger partial charge in [-0.2, -0.15) is 0 Å². The molecule has 176 valence electrons. The quantitative estimate of drug-likeness (QED) is 0.353. The monoisotopic (exact) mass is 469 g/mol. The number of hydrogen-bond donors (Lipinski definition) is 1. The number of fused-ring (bicyclic) bond motifs is 1. The third-order valence-corrected chi connectivity index (χ3v) is 5.62. The molecule has 0 aliphatic heterocycles. The van der Waals surface area contributed by atoms with Crippen molar-refractivity contribution in [2.75, 3.05) is 0 Å². The second-order valence-corrected chi connectivity index (χ2v) is 7.95. The molecule has 9 heteroatoms. The van der Waals surface area contributed by atoms with Gasteiger partial charge in [0.1, 0.15) is 29.6 Å². The summed E-state index contributed by atoms with van der Waals surface area (Å²) in [6.45, 7) is 0.216. The predicted molar refractivity (Wildman–Crippen MR) is 127 cm³/mol. The molecule has 3 aromatic heterocycles.